The molecule has 20 heavy (non-hydrogen) atoms. The molecule has 0 bridgehead atoms. The van der Waals surface area contributed by atoms with Gasteiger partial charge >= 0.3 is 11.9 Å². The van der Waals surface area contributed by atoms with Gasteiger partial charge in [-0.25, -0.2) is 9.18 Å². The molecule has 110 valence electrons. The molecule has 0 radical (unpaired) electrons. The van der Waals surface area contributed by atoms with Crippen molar-refractivity contribution >= 4 is 11.9 Å². The summed E-state index contributed by atoms with van der Waals surface area (Å²) in [7, 11) is 0. The van der Waals surface area contributed by atoms with Gasteiger partial charge in [-0.3, -0.25) is 4.79 Å². The number of aromatic carboxylic acids is 1. The molecular weight excluding hydrogens is 271 g/mol. The molecule has 1 rings (SSSR count). The quantitative estimate of drug-likeness (QED) is 0.670. The van der Waals surface area contributed by atoms with E-state index in [0.717, 1.165) is 18.2 Å². The van der Waals surface area contributed by atoms with Crippen molar-refractivity contribution in [1.29, 1.82) is 0 Å². The van der Waals surface area contributed by atoms with Crippen molar-refractivity contribution in [3.8, 4) is 0 Å². The van der Waals surface area contributed by atoms with E-state index >= 15 is 0 Å². The van der Waals surface area contributed by atoms with Gasteiger partial charge in [0.1, 0.15) is 11.9 Å². The van der Waals surface area contributed by atoms with E-state index in [1.807, 2.05) is 0 Å². The Balaban J connectivity index is 2.90. The summed E-state index contributed by atoms with van der Waals surface area (Å²) in [6.07, 6.45) is -3.84. The number of carbonyl (C=O) groups is 2. The van der Waals surface area contributed by atoms with E-state index in [-0.39, 0.29) is 17.7 Å². The van der Waals surface area contributed by atoms with E-state index in [1.165, 1.54) is 0 Å². The second-order valence-corrected chi connectivity index (χ2v) is 4.06. The fraction of sp³-hybridized carbons (Fsp3) is 0.385. The van der Waals surface area contributed by atoms with Crippen molar-refractivity contribution in [2.75, 3.05) is 6.61 Å². The minimum Gasteiger partial charge on any atom is -0.478 e. The number of hydrogen-bond acceptors (Lipinski definition) is 5. The number of aliphatic hydroxyl groups is 2. The maximum Gasteiger partial charge on any atom is 0.335 e. The van der Waals surface area contributed by atoms with Crippen LogP contribution < -0.4 is 0 Å². The maximum atomic E-state index is 13.5. The fourth-order valence-electron chi connectivity index (χ4n) is 1.61. The van der Waals surface area contributed by atoms with Gasteiger partial charge in [0, 0.05) is 5.56 Å². The third-order valence-corrected chi connectivity index (χ3v) is 2.61. The van der Waals surface area contributed by atoms with Crippen molar-refractivity contribution in [1.82, 2.24) is 0 Å². The molecule has 0 saturated carbocycles. The lowest BCUT2D eigenvalue weighted by molar-refractivity contribution is -0.147. The molecule has 1 aromatic rings. The number of carbonyl (C=O) groups excluding carboxylic acids is 1. The maximum absolute atomic E-state index is 13.5. The van der Waals surface area contributed by atoms with Gasteiger partial charge in [-0.1, -0.05) is 0 Å². The first-order chi connectivity index (χ1) is 9.36. The van der Waals surface area contributed by atoms with Crippen molar-refractivity contribution in [3.05, 3.63) is 35.1 Å². The van der Waals surface area contributed by atoms with Crippen LogP contribution in [0.4, 0.5) is 4.39 Å². The second kappa shape index (κ2) is 6.97. The van der Waals surface area contributed by atoms with Crippen LogP contribution in [0.3, 0.4) is 0 Å². The number of hydrogen-bond donors (Lipinski definition) is 3. The Morgan fingerprint density at radius 1 is 1.35 bits per heavy atom. The van der Waals surface area contributed by atoms with Crippen LogP contribution in [0, 0.1) is 5.82 Å². The van der Waals surface area contributed by atoms with Crippen molar-refractivity contribution in [3.63, 3.8) is 0 Å². The Morgan fingerprint density at radius 3 is 2.55 bits per heavy atom. The van der Waals surface area contributed by atoms with Crippen LogP contribution in [0.15, 0.2) is 18.2 Å². The molecule has 2 atom stereocenters. The van der Waals surface area contributed by atoms with Crippen molar-refractivity contribution in [2.45, 2.75) is 25.6 Å². The highest BCUT2D eigenvalue weighted by molar-refractivity contribution is 5.87. The first kappa shape index (κ1) is 16.1. The Labute approximate surface area is 114 Å². The molecule has 0 spiro atoms. The van der Waals surface area contributed by atoms with Gasteiger partial charge in [0.2, 0.25) is 0 Å². The van der Waals surface area contributed by atoms with Crippen LogP contribution >= 0.6 is 0 Å². The Hall–Kier alpha value is -1.99. The molecule has 1 aromatic carbocycles. The van der Waals surface area contributed by atoms with Crippen LogP contribution in [0.25, 0.3) is 0 Å². The molecule has 6 nitrogen and oxygen atoms in total. The topological polar surface area (TPSA) is 104 Å². The van der Waals surface area contributed by atoms with Gasteiger partial charge < -0.3 is 20.1 Å². The third-order valence-electron chi connectivity index (χ3n) is 2.61. The average molecular weight is 286 g/mol. The number of halogens is 1. The summed E-state index contributed by atoms with van der Waals surface area (Å²) >= 11 is 0. The minimum absolute atomic E-state index is 0.116. The zero-order valence-electron chi connectivity index (χ0n) is 10.7. The number of rotatable bonds is 6. The number of benzene rings is 1. The highest BCUT2D eigenvalue weighted by Crippen LogP contribution is 2.23. The Bertz CT molecular complexity index is 502. The molecule has 0 aliphatic rings. The van der Waals surface area contributed by atoms with Gasteiger partial charge in [-0.05, 0) is 25.1 Å². The van der Waals surface area contributed by atoms with Gasteiger partial charge in [-0.2, -0.15) is 0 Å². The molecule has 0 saturated heterocycles. The summed E-state index contributed by atoms with van der Waals surface area (Å²) in [5.74, 6) is -2.91. The summed E-state index contributed by atoms with van der Waals surface area (Å²) in [5.41, 5.74) is -0.620. The molecule has 0 aromatic heterocycles. The number of carboxylic acids is 1. The van der Waals surface area contributed by atoms with Gasteiger partial charge in [0.25, 0.3) is 0 Å². The van der Waals surface area contributed by atoms with E-state index in [1.54, 1.807) is 6.92 Å². The molecule has 0 aliphatic heterocycles. The molecule has 3 N–H and O–H groups in total. The second-order valence-electron chi connectivity index (χ2n) is 4.06. The Morgan fingerprint density at radius 2 is 2.00 bits per heavy atom. The van der Waals surface area contributed by atoms with Crippen LogP contribution in [-0.2, 0) is 9.53 Å². The number of ether oxygens (including phenoxy) is 1. The van der Waals surface area contributed by atoms with Gasteiger partial charge in [0.15, 0.2) is 0 Å². The number of esters is 1. The molecule has 7 heteroatoms. The molecule has 0 fully saturated rings. The predicted molar refractivity (Wildman–Crippen MR) is 65.6 cm³/mol. The molecule has 0 heterocycles. The first-order valence-electron chi connectivity index (χ1n) is 5.91. The molecular formula is C13H15FO6. The van der Waals surface area contributed by atoms with E-state index in [2.05, 4.69) is 4.74 Å². The molecule has 0 aliphatic carbocycles. The fourth-order valence-corrected chi connectivity index (χ4v) is 1.61. The summed E-state index contributed by atoms with van der Waals surface area (Å²) in [5, 5.41) is 28.3. The summed E-state index contributed by atoms with van der Waals surface area (Å²) < 4.78 is 18.1. The standard InChI is InChI=1S/C13H15FO6/c1-2-20-11(16)6-10(15)12(17)8-5-7(13(18)19)3-4-9(8)14/h3-5,10,12,15,17H,2,6H2,1H3,(H,18,19). The molecule has 0 amide bonds. The van der Waals surface area contributed by atoms with E-state index < -0.39 is 36.4 Å². The normalized spacial score (nSPS) is 13.6. The van der Waals surface area contributed by atoms with Crippen LogP contribution in [0.5, 0.6) is 0 Å². The number of aliphatic hydroxyl groups excluding tert-OH is 2. The molecule has 2 unspecified atom stereocenters. The smallest absolute Gasteiger partial charge is 0.335 e. The summed E-state index contributed by atoms with van der Waals surface area (Å²) in [6, 6.07) is 2.82. The lowest BCUT2D eigenvalue weighted by Crippen LogP contribution is -2.24. The third kappa shape index (κ3) is 4.01. The Kier molecular flexibility index (Phi) is 5.60. The average Bonchev–Trinajstić information content (AvgIpc) is 2.38. The van der Waals surface area contributed by atoms with Crippen LogP contribution in [-0.4, -0.2) is 40.0 Å². The minimum atomic E-state index is -1.72. The lowest BCUT2D eigenvalue weighted by Gasteiger charge is -2.18. The lowest BCUT2D eigenvalue weighted by atomic mass is 9.99. The first-order valence-corrected chi connectivity index (χ1v) is 5.91. The highest BCUT2D eigenvalue weighted by atomic mass is 19.1. The zero-order chi connectivity index (χ0) is 15.3. The largest absolute Gasteiger partial charge is 0.478 e. The summed E-state index contributed by atoms with van der Waals surface area (Å²) in [6.45, 7) is 1.70. The van der Waals surface area contributed by atoms with Crippen molar-refractivity contribution in [2.24, 2.45) is 0 Å². The zero-order valence-corrected chi connectivity index (χ0v) is 10.7. The summed E-state index contributed by atoms with van der Waals surface area (Å²) in [4.78, 5) is 21.9. The van der Waals surface area contributed by atoms with Gasteiger partial charge in [0.05, 0.1) is 24.7 Å². The number of carboxylic acid groups (broad SMARTS) is 1. The van der Waals surface area contributed by atoms with Gasteiger partial charge in [-0.15, -0.1) is 0 Å². The van der Waals surface area contributed by atoms with E-state index in [0.29, 0.717) is 0 Å². The van der Waals surface area contributed by atoms with E-state index in [4.69, 9.17) is 5.11 Å². The SMILES string of the molecule is CCOC(=O)CC(O)C(O)c1cc(C(=O)O)ccc1F. The van der Waals surface area contributed by atoms with Crippen LogP contribution in [0.1, 0.15) is 35.4 Å². The highest BCUT2D eigenvalue weighted by Gasteiger charge is 2.25. The van der Waals surface area contributed by atoms with Crippen molar-refractivity contribution < 1.29 is 34.0 Å². The van der Waals surface area contributed by atoms with E-state index in [9.17, 15) is 24.2 Å². The van der Waals surface area contributed by atoms with Crippen LogP contribution in [0.2, 0.25) is 0 Å². The monoisotopic (exact) mass is 286 g/mol. The predicted octanol–water partition coefficient (Wildman–Crippen LogP) is 0.871.